The Labute approximate surface area is 427 Å². The Hall–Kier alpha value is 1.92. The molecule has 0 saturated carbocycles. The van der Waals surface area contributed by atoms with Gasteiger partial charge in [-0.3, -0.25) is 0 Å². The Morgan fingerprint density at radius 3 is 0.424 bits per heavy atom. The lowest BCUT2D eigenvalue weighted by atomic mass is 9.95. The first kappa shape index (κ1) is 55.7. The third-order valence-electron chi connectivity index (χ3n) is 12.5. The maximum atomic E-state index is 11.4. The molecule has 24 nitrogen and oxygen atoms in total. The average Bonchev–Trinajstić information content (AvgIpc) is 3.31. The van der Waals surface area contributed by atoms with E-state index in [1.54, 1.807) is 0 Å². The summed E-state index contributed by atoms with van der Waals surface area (Å²) in [5.74, 6) is 0. The van der Waals surface area contributed by atoms with Crippen LogP contribution < -0.4 is 0 Å². The highest BCUT2D eigenvalue weighted by atomic mass is 79.9. The van der Waals surface area contributed by atoms with Gasteiger partial charge in [0.05, 0.1) is 36.6 Å². The zero-order valence-electron chi connectivity index (χ0n) is 34.1. The predicted octanol–water partition coefficient (Wildman–Crippen LogP) is -4.64. The maximum absolute atomic E-state index is 11.4. The van der Waals surface area contributed by atoms with Gasteiger partial charge in [0, 0.05) is 32.0 Å². The second-order valence-electron chi connectivity index (χ2n) is 16.7. The Bertz CT molecular complexity index is 1260. The molecule has 22 saturated heterocycles. The molecule has 0 aliphatic carbocycles. The predicted molar refractivity (Wildman–Crippen MR) is 236 cm³/mol. The molecule has 22 aliphatic rings. The highest BCUT2D eigenvalue weighted by Gasteiger charge is 2.58. The van der Waals surface area contributed by atoms with Gasteiger partial charge >= 0.3 is 0 Å². The van der Waals surface area contributed by atoms with Crippen molar-refractivity contribution in [1.29, 1.82) is 0 Å². The zero-order valence-corrected chi connectivity index (χ0v) is 43.6. The van der Waals surface area contributed by atoms with Crippen LogP contribution in [0.25, 0.3) is 0 Å². The fraction of sp³-hybridized carbons (Fsp3) is 1.00. The van der Waals surface area contributed by atoms with Crippen LogP contribution in [0.1, 0.15) is 0 Å². The summed E-state index contributed by atoms with van der Waals surface area (Å²) in [6, 6.07) is 0. The number of ether oxygens (including phenoxy) is 12. The number of aliphatic hydroxyl groups excluding tert-OH is 12. The lowest BCUT2D eigenvalue weighted by molar-refractivity contribution is -0.396. The van der Waals surface area contributed by atoms with E-state index in [-0.39, 0.29) is 32.0 Å². The lowest BCUT2D eigenvalue weighted by Gasteiger charge is -2.50. The first-order valence-electron chi connectivity index (χ1n) is 20.8. The summed E-state index contributed by atoms with van der Waals surface area (Å²) in [4.78, 5) is 0. The van der Waals surface area contributed by atoms with Crippen molar-refractivity contribution in [1.82, 2.24) is 0 Å². The van der Waals surface area contributed by atoms with Gasteiger partial charge in [-0.15, -0.1) is 0 Å². The highest BCUT2D eigenvalue weighted by molar-refractivity contribution is 9.10. The standard InChI is InChI=1S/C36H54Br6O24/c37-1-7-25-13(43)19(49)31(55-7)62-26-8(2-38)57-33(21(51)15(26)45)64-28-10(4-40)59-35(23(53)17(28)47)66-30-12(6-42)60-36(24(54)18(30)48)65-29-11(5-41)58-34(22(52)16(29)46)63-27-9(3-39)56-32(61-25)20(50)14(27)44/h7-36,43-54H,1-6H2. The van der Waals surface area contributed by atoms with Gasteiger partial charge in [0.1, 0.15) is 110 Å². The molecule has 30 heteroatoms. The molecule has 30 unspecified atom stereocenters. The Balaban J connectivity index is 1.19. The van der Waals surface area contributed by atoms with E-state index < -0.39 is 184 Å². The number of rotatable bonds is 6. The molecule has 0 radical (unpaired) electrons. The van der Waals surface area contributed by atoms with Crippen molar-refractivity contribution in [2.75, 3.05) is 32.0 Å². The largest absolute Gasteiger partial charge is 0.387 e. The van der Waals surface area contributed by atoms with Crippen molar-refractivity contribution < 1.29 is 118 Å². The van der Waals surface area contributed by atoms with E-state index in [0.717, 1.165) is 0 Å². The maximum Gasteiger partial charge on any atom is 0.187 e. The van der Waals surface area contributed by atoms with Crippen LogP contribution in [0.15, 0.2) is 0 Å². The number of aliphatic hydroxyl groups is 12. The second kappa shape index (κ2) is 24.1. The number of hydrogen-bond acceptors (Lipinski definition) is 24. The van der Waals surface area contributed by atoms with E-state index in [1.807, 2.05) is 0 Å². The van der Waals surface area contributed by atoms with Gasteiger partial charge in [0.25, 0.3) is 0 Å². The molecule has 0 spiro atoms. The summed E-state index contributed by atoms with van der Waals surface area (Å²) in [7, 11) is 0. The minimum absolute atomic E-state index is 0.0640. The van der Waals surface area contributed by atoms with Crippen molar-refractivity contribution in [3.8, 4) is 0 Å². The van der Waals surface area contributed by atoms with Gasteiger partial charge in [-0.25, -0.2) is 0 Å². The SMILES string of the molecule is OC1C2OC(CBr)C(OC3OC(CBr)C(OC4OC(CBr)C(OC5OC(CBr)C(OC6OC(CBr)C(OC7OC(CBr)C(O2)C(O)C7O)C(O)C6O)C(O)C5O)C(O)C4O)C(O)C3O)C1O. The summed E-state index contributed by atoms with van der Waals surface area (Å²) in [5, 5.41) is 136. The van der Waals surface area contributed by atoms with E-state index in [4.69, 9.17) is 56.8 Å². The first-order chi connectivity index (χ1) is 31.4. The molecule has 22 rings (SSSR count). The monoisotopic (exact) mass is 1340 g/mol. The molecular weight excluding hydrogens is 1300 g/mol. The smallest absolute Gasteiger partial charge is 0.187 e. The molecule has 12 bridgehead atoms. The van der Waals surface area contributed by atoms with E-state index in [1.165, 1.54) is 0 Å². The molecule has 30 atom stereocenters. The molecule has 66 heavy (non-hydrogen) atoms. The molecule has 0 amide bonds. The van der Waals surface area contributed by atoms with Crippen molar-refractivity contribution in [2.24, 2.45) is 0 Å². The number of alkyl halides is 6. The van der Waals surface area contributed by atoms with Gasteiger partial charge in [-0.1, -0.05) is 95.6 Å². The van der Waals surface area contributed by atoms with Crippen LogP contribution in [0.2, 0.25) is 0 Å². The summed E-state index contributed by atoms with van der Waals surface area (Å²) < 4.78 is 71.9. The zero-order chi connectivity index (χ0) is 48.0. The van der Waals surface area contributed by atoms with E-state index >= 15 is 0 Å². The molecule has 0 aromatic heterocycles. The second-order valence-corrected chi connectivity index (χ2v) is 20.6. The molecule has 0 aromatic carbocycles. The van der Waals surface area contributed by atoms with Crippen molar-refractivity contribution >= 4 is 95.6 Å². The van der Waals surface area contributed by atoms with Crippen LogP contribution in [0.5, 0.6) is 0 Å². The average molecular weight is 1350 g/mol. The molecule has 22 heterocycles. The quantitative estimate of drug-likeness (QED) is 0.111. The molecule has 12 N–H and O–H groups in total. The first-order valence-corrected chi connectivity index (χ1v) is 27.5. The summed E-state index contributed by atoms with van der Waals surface area (Å²) >= 11 is 19.8. The van der Waals surface area contributed by atoms with Gasteiger partial charge in [0.2, 0.25) is 0 Å². The van der Waals surface area contributed by atoms with Crippen LogP contribution in [-0.4, -0.2) is 277 Å². The van der Waals surface area contributed by atoms with Gasteiger partial charge < -0.3 is 118 Å². The normalized spacial score (nSPS) is 55.4. The fourth-order valence-electron chi connectivity index (χ4n) is 8.79. The third kappa shape index (κ3) is 11.1. The third-order valence-corrected chi connectivity index (χ3v) is 16.3. The van der Waals surface area contributed by atoms with Crippen LogP contribution in [0.4, 0.5) is 0 Å². The van der Waals surface area contributed by atoms with Crippen LogP contribution in [0, 0.1) is 0 Å². The molecule has 384 valence electrons. The molecule has 22 aliphatic heterocycles. The number of halogens is 6. The minimum atomic E-state index is -1.90. The van der Waals surface area contributed by atoms with Crippen LogP contribution in [0.3, 0.4) is 0 Å². The Kier molecular flexibility index (Phi) is 20.3. The van der Waals surface area contributed by atoms with E-state index in [2.05, 4.69) is 95.6 Å². The Morgan fingerprint density at radius 1 is 0.197 bits per heavy atom. The van der Waals surface area contributed by atoms with Gasteiger partial charge in [0.15, 0.2) is 37.7 Å². The van der Waals surface area contributed by atoms with E-state index in [9.17, 15) is 61.3 Å². The minimum Gasteiger partial charge on any atom is -0.387 e. The highest BCUT2D eigenvalue weighted by Crippen LogP contribution is 2.39. The molecule has 22 fully saturated rings. The fourth-order valence-corrected chi connectivity index (χ4v) is 11.9. The van der Waals surface area contributed by atoms with Crippen LogP contribution in [-0.2, 0) is 56.8 Å². The van der Waals surface area contributed by atoms with Crippen molar-refractivity contribution in [2.45, 2.75) is 184 Å². The van der Waals surface area contributed by atoms with E-state index in [0.29, 0.717) is 0 Å². The van der Waals surface area contributed by atoms with Gasteiger partial charge in [-0.05, 0) is 0 Å². The lowest BCUT2D eigenvalue weighted by Crippen LogP contribution is -2.68. The molecule has 0 aromatic rings. The summed E-state index contributed by atoms with van der Waals surface area (Å²) in [6.45, 7) is 0. The summed E-state index contributed by atoms with van der Waals surface area (Å²) in [6.07, 6.45) is -48.2. The topological polar surface area (TPSA) is 354 Å². The number of hydrogen-bond donors (Lipinski definition) is 12. The van der Waals surface area contributed by atoms with Crippen molar-refractivity contribution in [3.05, 3.63) is 0 Å². The molecular formula is C36H54Br6O24. The van der Waals surface area contributed by atoms with Crippen molar-refractivity contribution in [3.63, 3.8) is 0 Å². The van der Waals surface area contributed by atoms with Crippen LogP contribution >= 0.6 is 95.6 Å². The van der Waals surface area contributed by atoms with Gasteiger partial charge in [-0.2, -0.15) is 0 Å². The summed E-state index contributed by atoms with van der Waals surface area (Å²) in [5.41, 5.74) is 0. The Morgan fingerprint density at radius 2 is 0.318 bits per heavy atom.